The van der Waals surface area contributed by atoms with Gasteiger partial charge in [-0.3, -0.25) is 49.5 Å². The molecule has 386 valence electrons. The number of rotatable bonds is 8. The molecule has 1 aliphatic heterocycles. The van der Waals surface area contributed by atoms with Gasteiger partial charge in [-0.25, -0.2) is 0 Å². The molecule has 5 rings (SSSR count). The lowest BCUT2D eigenvalue weighted by molar-refractivity contribution is -0.387. The number of anilines is 1. The summed E-state index contributed by atoms with van der Waals surface area (Å²) >= 11 is 12.5. The van der Waals surface area contributed by atoms with Crippen LogP contribution in [-0.2, 0) is 41.5 Å². The molecule has 0 unspecified atom stereocenters. The highest BCUT2D eigenvalue weighted by atomic mass is 79.9. The number of carboxylic acids is 1. The minimum Gasteiger partial charge on any atom is -0.481 e. The third-order valence-electron chi connectivity index (χ3n) is 6.76. The number of carbonyl (C=O) groups excluding carboxylic acids is 3. The van der Waals surface area contributed by atoms with Crippen LogP contribution in [0.15, 0.2) is 90.7 Å². The lowest BCUT2D eigenvalue weighted by Crippen LogP contribution is -2.25. The molecule has 4 aromatic carbocycles. The van der Waals surface area contributed by atoms with Gasteiger partial charge in [-0.15, -0.1) is 0 Å². The molecule has 1 aliphatic rings. The molecule has 0 spiro atoms. The molecule has 30 heteroatoms. The van der Waals surface area contributed by atoms with E-state index in [2.05, 4.69) is 78.5 Å². The van der Waals surface area contributed by atoms with E-state index in [1.165, 1.54) is 36.4 Å². The highest BCUT2D eigenvalue weighted by Gasteiger charge is 2.36. The quantitative estimate of drug-likeness (QED) is 0.0544. The molecule has 25 nitrogen and oxygen atoms in total. The number of benzene rings is 4. The summed E-state index contributed by atoms with van der Waals surface area (Å²) in [6, 6.07) is 17.7. The maximum absolute atomic E-state index is 12.6. The maximum Gasteiger partial charge on any atom is 0.324 e. The topological polar surface area (TPSA) is 439 Å². The van der Waals surface area contributed by atoms with Crippen LogP contribution in [0.4, 0.5) is 27.1 Å². The molecule has 0 saturated heterocycles. The zero-order valence-electron chi connectivity index (χ0n) is 39.6. The molecule has 0 saturated carbocycles. The van der Waals surface area contributed by atoms with Crippen molar-refractivity contribution in [2.45, 2.75) is 74.1 Å². The SMILES string of the molecule is CC.CC.CC.CC.COC(=O)C(C(=O)OC)c1ccc(Br)cc1[N+](=O)[O-].N#N.N#N.N#N.N#N.O=C(O)Cc1ccc(Br)cc1[N+](=O)[O-].O=C1Cc2ccc(Br)cc2N1.O=[N+]([O-])c1cc(Br)ccc1F. The number of fused-ring (bicyclic) bond motifs is 1. The van der Waals surface area contributed by atoms with E-state index in [0.717, 1.165) is 42.1 Å². The van der Waals surface area contributed by atoms with Crippen molar-refractivity contribution >= 4 is 110 Å². The summed E-state index contributed by atoms with van der Waals surface area (Å²) < 4.78 is 24.0. The molecule has 0 radical (unpaired) electrons. The molecule has 0 aliphatic carbocycles. The van der Waals surface area contributed by atoms with Crippen LogP contribution in [0.25, 0.3) is 0 Å². The summed E-state index contributed by atoms with van der Waals surface area (Å²) in [5.41, 5.74) is 1.08. The Balaban J connectivity index is -0.000000142. The number of nitro benzene ring substituents is 3. The summed E-state index contributed by atoms with van der Waals surface area (Å²) in [5, 5.41) is 90.9. The van der Waals surface area contributed by atoms with Crippen molar-refractivity contribution < 1.29 is 52.9 Å². The molecule has 71 heavy (non-hydrogen) atoms. The van der Waals surface area contributed by atoms with Gasteiger partial charge in [0.25, 0.3) is 11.4 Å². The van der Waals surface area contributed by atoms with Gasteiger partial charge in [0, 0.05) is 90.5 Å². The Hall–Kier alpha value is -7.51. The summed E-state index contributed by atoms with van der Waals surface area (Å²) in [5.74, 6) is -5.15. The molecule has 0 bridgehead atoms. The van der Waals surface area contributed by atoms with Gasteiger partial charge in [-0.1, -0.05) is 131 Å². The van der Waals surface area contributed by atoms with Gasteiger partial charge in [0.05, 0.1) is 47.4 Å². The van der Waals surface area contributed by atoms with E-state index in [1.54, 1.807) is 6.07 Å². The number of hydrogen-bond donors (Lipinski definition) is 2. The van der Waals surface area contributed by atoms with Gasteiger partial charge in [-0.05, 0) is 48.0 Å². The number of amides is 1. The van der Waals surface area contributed by atoms with Crippen molar-refractivity contribution in [3.63, 3.8) is 0 Å². The molecular weight excluding hydrogens is 1210 g/mol. The first-order valence-corrected chi connectivity index (χ1v) is 22.7. The first-order valence-electron chi connectivity index (χ1n) is 19.5. The van der Waals surface area contributed by atoms with Crippen LogP contribution in [-0.4, -0.2) is 57.9 Å². The molecule has 0 atom stereocenters. The standard InChI is InChI=1S/C11H10BrNO6.C8H6BrNO4.C8H6BrNO.C6H3BrFNO2.4C2H6.4N2/c1-18-10(14)9(11(15)19-2)7-4-3-6(12)5-8(7)13(16)17;9-6-2-1-5(3-8(11)12)7(4-6)10(13)14;9-6-2-1-5-3-8(11)10-7(5)4-6;7-4-1-2-5(8)6(3-4)9(10)11;8*1-2/h3-5,9H,1-2H3;1-2,4H,3H2,(H,11,12);1-2,4H,3H2,(H,10,11);1-3H;4*1-2H3;;;;. The van der Waals surface area contributed by atoms with E-state index in [9.17, 15) is 53.9 Å². The Kier molecular flexibility index (Phi) is 53.5. The Labute approximate surface area is 441 Å². The third-order valence-corrected chi connectivity index (χ3v) is 8.73. The smallest absolute Gasteiger partial charge is 0.324 e. The monoisotopic (exact) mass is 1250 g/mol. The molecule has 1 heterocycles. The predicted molar refractivity (Wildman–Crippen MR) is 266 cm³/mol. The second-order valence-electron chi connectivity index (χ2n) is 10.4. The Morgan fingerprint density at radius 2 is 0.972 bits per heavy atom. The predicted octanol–water partition coefficient (Wildman–Crippen LogP) is 12.4. The molecule has 0 aromatic heterocycles. The lowest BCUT2D eigenvalue weighted by Gasteiger charge is -2.13. The van der Waals surface area contributed by atoms with E-state index in [1.807, 2.05) is 73.6 Å². The van der Waals surface area contributed by atoms with Crippen LogP contribution in [0.2, 0.25) is 0 Å². The van der Waals surface area contributed by atoms with Gasteiger partial charge in [0.15, 0.2) is 5.92 Å². The second kappa shape index (κ2) is 48.9. The van der Waals surface area contributed by atoms with E-state index >= 15 is 0 Å². The van der Waals surface area contributed by atoms with Gasteiger partial charge in [0.2, 0.25) is 11.7 Å². The average Bonchev–Trinajstić information content (AvgIpc) is 3.77. The zero-order chi connectivity index (χ0) is 57.6. The van der Waals surface area contributed by atoms with Crippen LogP contribution < -0.4 is 5.32 Å². The largest absolute Gasteiger partial charge is 0.481 e. The minimum atomic E-state index is -1.48. The van der Waals surface area contributed by atoms with E-state index < -0.39 is 50.1 Å². The lowest BCUT2D eigenvalue weighted by atomic mass is 9.97. The van der Waals surface area contributed by atoms with Crippen molar-refractivity contribution in [1.29, 1.82) is 43.1 Å². The Morgan fingerprint density at radius 3 is 1.35 bits per heavy atom. The van der Waals surface area contributed by atoms with Crippen LogP contribution in [0.5, 0.6) is 0 Å². The number of ether oxygens (including phenoxy) is 2. The van der Waals surface area contributed by atoms with Crippen molar-refractivity contribution in [3.8, 4) is 0 Å². The number of halogens is 5. The fourth-order valence-corrected chi connectivity index (χ4v) is 5.74. The average molecular weight is 1260 g/mol. The minimum absolute atomic E-state index is 0.0769. The van der Waals surface area contributed by atoms with Gasteiger partial charge in [-0.2, -0.15) is 4.39 Å². The van der Waals surface area contributed by atoms with Gasteiger partial charge >= 0.3 is 23.6 Å². The van der Waals surface area contributed by atoms with Crippen molar-refractivity contribution in [2.75, 3.05) is 19.5 Å². The first kappa shape index (κ1) is 77.7. The highest BCUT2D eigenvalue weighted by molar-refractivity contribution is 9.11. The molecule has 4 aromatic rings. The molecule has 2 N–H and O–H groups in total. The normalized spacial score (nSPS) is 8.82. The number of carboxylic acid groups (broad SMARTS) is 1. The van der Waals surface area contributed by atoms with Crippen molar-refractivity contribution in [1.82, 2.24) is 0 Å². The molecule has 0 fully saturated rings. The number of aliphatic carboxylic acids is 1. The number of nitro groups is 3. The molecular formula is C41H49Br4FN12O13. The Morgan fingerprint density at radius 1 is 0.620 bits per heavy atom. The summed E-state index contributed by atoms with van der Waals surface area (Å²) in [6.07, 6.45) is 0.173. The number of nitrogens with zero attached hydrogens (tertiary/aromatic N) is 11. The fraction of sp³-hybridized carbons (Fsp3) is 0.317. The highest BCUT2D eigenvalue weighted by Crippen LogP contribution is 2.32. The van der Waals surface area contributed by atoms with Gasteiger partial charge in [0.1, 0.15) is 0 Å². The second-order valence-corrected chi connectivity index (χ2v) is 14.1. The number of hydrogen-bond acceptors (Lipinski definition) is 20. The summed E-state index contributed by atoms with van der Waals surface area (Å²) in [4.78, 5) is 74.1. The van der Waals surface area contributed by atoms with Crippen LogP contribution >= 0.6 is 63.7 Å². The number of methoxy groups -OCH3 is 2. The van der Waals surface area contributed by atoms with Gasteiger partial charge < -0.3 is 19.9 Å². The van der Waals surface area contributed by atoms with E-state index in [-0.39, 0.29) is 34.8 Å². The third kappa shape index (κ3) is 32.0. The van der Waals surface area contributed by atoms with Crippen molar-refractivity contribution in [2.24, 2.45) is 0 Å². The van der Waals surface area contributed by atoms with Crippen molar-refractivity contribution in [3.05, 3.63) is 144 Å². The number of esters is 2. The fourth-order valence-electron chi connectivity index (χ4n) is 4.34. The Bertz CT molecular complexity index is 2320. The molecule has 1 amide bonds. The first-order chi connectivity index (χ1) is 33.8. The summed E-state index contributed by atoms with van der Waals surface area (Å²) in [7, 11) is 2.17. The summed E-state index contributed by atoms with van der Waals surface area (Å²) in [6.45, 7) is 16.0. The number of carbonyl (C=O) groups is 4. The number of nitrogens with one attached hydrogen (secondary N) is 1. The van der Waals surface area contributed by atoms with E-state index in [4.69, 9.17) is 48.2 Å². The van der Waals surface area contributed by atoms with Crippen LogP contribution in [0.1, 0.15) is 78.0 Å². The van der Waals surface area contributed by atoms with E-state index in [0.29, 0.717) is 19.8 Å². The zero-order valence-corrected chi connectivity index (χ0v) is 45.9. The maximum atomic E-state index is 12.6. The van der Waals surface area contributed by atoms with Crippen LogP contribution in [0.3, 0.4) is 0 Å². The van der Waals surface area contributed by atoms with Crippen LogP contribution in [0, 0.1) is 79.3 Å².